The minimum Gasteiger partial charge on any atom is -0.364 e. The van der Waals surface area contributed by atoms with Crippen molar-refractivity contribution in [3.63, 3.8) is 0 Å². The molecule has 1 aromatic heterocycles. The number of nitrogens with zero attached hydrogens (tertiary/aromatic N) is 1. The second-order valence-electron chi connectivity index (χ2n) is 4.94. The van der Waals surface area contributed by atoms with Gasteiger partial charge >= 0.3 is 6.03 Å². The van der Waals surface area contributed by atoms with Gasteiger partial charge in [-0.25, -0.2) is 13.6 Å². The lowest BCUT2D eigenvalue weighted by molar-refractivity contribution is 0.0955. The zero-order chi connectivity index (χ0) is 18.6. The van der Waals surface area contributed by atoms with Gasteiger partial charge in [-0.3, -0.25) is 15.0 Å². The van der Waals surface area contributed by atoms with Crippen molar-refractivity contribution in [2.24, 2.45) is 0 Å². The summed E-state index contributed by atoms with van der Waals surface area (Å²) in [6, 6.07) is 1.82. The van der Waals surface area contributed by atoms with Crippen LogP contribution < -0.4 is 10.2 Å². The Bertz CT molecular complexity index is 775. The Hall–Kier alpha value is -2.39. The standard InChI is InChI=1S/C16H15F3N2O3S/c1-3-9-7-25-14(19)13(9)21(8-24-2)16(23)20-15(22)12-10(17)5-4-6-11(12)18/h4-7H,3,8H2,1-2H3,(H,20,22,23). The number of hydrogen-bond donors (Lipinski definition) is 1. The third-order valence-electron chi connectivity index (χ3n) is 3.36. The van der Waals surface area contributed by atoms with Gasteiger partial charge in [0.05, 0.1) is 5.69 Å². The van der Waals surface area contributed by atoms with E-state index < -0.39 is 34.3 Å². The smallest absolute Gasteiger partial charge is 0.330 e. The van der Waals surface area contributed by atoms with E-state index in [0.717, 1.165) is 34.4 Å². The highest BCUT2D eigenvalue weighted by Gasteiger charge is 2.27. The third-order valence-corrected chi connectivity index (χ3v) is 4.16. The fourth-order valence-electron chi connectivity index (χ4n) is 2.19. The van der Waals surface area contributed by atoms with E-state index in [9.17, 15) is 22.8 Å². The van der Waals surface area contributed by atoms with E-state index in [1.807, 2.05) is 5.32 Å². The average Bonchev–Trinajstić information content (AvgIpc) is 2.92. The van der Waals surface area contributed by atoms with Crippen LogP contribution >= 0.6 is 11.3 Å². The quantitative estimate of drug-likeness (QED) is 0.815. The minimum atomic E-state index is -1.27. The highest BCUT2D eigenvalue weighted by molar-refractivity contribution is 7.08. The second-order valence-corrected chi connectivity index (χ2v) is 5.77. The predicted octanol–water partition coefficient (Wildman–Crippen LogP) is 3.69. The summed E-state index contributed by atoms with van der Waals surface area (Å²) in [7, 11) is 1.29. The summed E-state index contributed by atoms with van der Waals surface area (Å²) in [4.78, 5) is 25.3. The molecule has 134 valence electrons. The summed E-state index contributed by atoms with van der Waals surface area (Å²) in [6.45, 7) is 1.42. The van der Waals surface area contributed by atoms with E-state index in [4.69, 9.17) is 4.74 Å². The van der Waals surface area contributed by atoms with Crippen molar-refractivity contribution in [2.45, 2.75) is 13.3 Å². The molecule has 0 atom stereocenters. The first-order valence-electron chi connectivity index (χ1n) is 7.22. The van der Waals surface area contributed by atoms with E-state index in [1.54, 1.807) is 12.3 Å². The van der Waals surface area contributed by atoms with Gasteiger partial charge in [0.1, 0.15) is 23.9 Å². The number of imide groups is 1. The number of urea groups is 1. The first kappa shape index (κ1) is 18.9. The molecule has 0 radical (unpaired) electrons. The molecule has 25 heavy (non-hydrogen) atoms. The maximum Gasteiger partial charge on any atom is 0.330 e. The molecule has 3 amide bonds. The topological polar surface area (TPSA) is 58.6 Å². The van der Waals surface area contributed by atoms with Gasteiger partial charge in [0, 0.05) is 7.11 Å². The zero-order valence-corrected chi connectivity index (χ0v) is 14.3. The molecule has 0 fully saturated rings. The second kappa shape index (κ2) is 8.13. The molecule has 0 bridgehead atoms. The fraction of sp³-hybridized carbons (Fsp3) is 0.250. The first-order valence-corrected chi connectivity index (χ1v) is 8.10. The van der Waals surface area contributed by atoms with Crippen LogP contribution in [0.15, 0.2) is 23.6 Å². The molecule has 0 saturated carbocycles. The van der Waals surface area contributed by atoms with Gasteiger partial charge in [0.2, 0.25) is 5.13 Å². The number of benzene rings is 1. The molecule has 0 unspecified atom stereocenters. The summed E-state index contributed by atoms with van der Waals surface area (Å²) in [6.07, 6.45) is 0.444. The first-order chi connectivity index (χ1) is 11.9. The van der Waals surface area contributed by atoms with Crippen molar-refractivity contribution >= 4 is 29.0 Å². The van der Waals surface area contributed by atoms with Crippen molar-refractivity contribution in [2.75, 3.05) is 18.7 Å². The SMILES string of the molecule is CCc1csc(F)c1N(COC)C(=O)NC(=O)c1c(F)cccc1F. The van der Waals surface area contributed by atoms with Crippen molar-refractivity contribution in [1.82, 2.24) is 5.32 Å². The number of ether oxygens (including phenoxy) is 1. The number of carbonyl (C=O) groups excluding carboxylic acids is 2. The fourth-order valence-corrected chi connectivity index (χ4v) is 3.06. The van der Waals surface area contributed by atoms with Crippen LogP contribution in [-0.4, -0.2) is 25.8 Å². The molecule has 0 spiro atoms. The number of hydrogen-bond acceptors (Lipinski definition) is 4. The third kappa shape index (κ3) is 3.99. The predicted molar refractivity (Wildman–Crippen MR) is 87.2 cm³/mol. The summed E-state index contributed by atoms with van der Waals surface area (Å²) < 4.78 is 46.2. The van der Waals surface area contributed by atoms with E-state index in [1.165, 1.54) is 7.11 Å². The van der Waals surface area contributed by atoms with Gasteiger partial charge in [-0.05, 0) is 29.5 Å². The minimum absolute atomic E-state index is 0.0337. The number of carbonyl (C=O) groups is 2. The molecule has 0 aliphatic rings. The molecule has 1 aromatic carbocycles. The lowest BCUT2D eigenvalue weighted by atomic mass is 10.2. The van der Waals surface area contributed by atoms with Crippen LogP contribution in [0.2, 0.25) is 0 Å². The Labute approximate surface area is 146 Å². The summed E-state index contributed by atoms with van der Waals surface area (Å²) >= 11 is 0.799. The molecule has 0 aliphatic heterocycles. The Morgan fingerprint density at radius 2 is 1.88 bits per heavy atom. The Balaban J connectivity index is 2.29. The van der Waals surface area contributed by atoms with Crippen LogP contribution in [-0.2, 0) is 11.2 Å². The van der Waals surface area contributed by atoms with Crippen molar-refractivity contribution in [3.8, 4) is 0 Å². The van der Waals surface area contributed by atoms with Crippen molar-refractivity contribution in [3.05, 3.63) is 51.5 Å². The van der Waals surface area contributed by atoms with E-state index >= 15 is 0 Å². The summed E-state index contributed by atoms with van der Waals surface area (Å²) in [5.41, 5.74) is -0.386. The normalized spacial score (nSPS) is 10.6. The van der Waals surface area contributed by atoms with Gasteiger partial charge in [-0.15, -0.1) is 11.3 Å². The van der Waals surface area contributed by atoms with Gasteiger partial charge in [-0.1, -0.05) is 13.0 Å². The molecule has 2 aromatic rings. The molecule has 1 N–H and O–H groups in total. The summed E-state index contributed by atoms with van der Waals surface area (Å²) in [5.74, 6) is -3.49. The van der Waals surface area contributed by atoms with Crippen LogP contribution in [0, 0.1) is 16.8 Å². The highest BCUT2D eigenvalue weighted by atomic mass is 32.1. The van der Waals surface area contributed by atoms with Crippen LogP contribution in [0.25, 0.3) is 0 Å². The van der Waals surface area contributed by atoms with Crippen molar-refractivity contribution < 1.29 is 27.5 Å². The number of aryl methyl sites for hydroxylation is 1. The van der Waals surface area contributed by atoms with E-state index in [-0.39, 0.29) is 12.4 Å². The number of rotatable bonds is 5. The van der Waals surface area contributed by atoms with Gasteiger partial charge < -0.3 is 4.74 Å². The maximum atomic E-state index is 14.1. The largest absolute Gasteiger partial charge is 0.364 e. The highest BCUT2D eigenvalue weighted by Crippen LogP contribution is 2.30. The monoisotopic (exact) mass is 372 g/mol. The maximum absolute atomic E-state index is 14.1. The van der Waals surface area contributed by atoms with Gasteiger partial charge in [-0.2, -0.15) is 4.39 Å². The number of thiophene rings is 1. The van der Waals surface area contributed by atoms with Gasteiger partial charge in [0.25, 0.3) is 5.91 Å². The van der Waals surface area contributed by atoms with Gasteiger partial charge in [0.15, 0.2) is 0 Å². The van der Waals surface area contributed by atoms with Crippen molar-refractivity contribution in [1.29, 1.82) is 0 Å². The summed E-state index contributed by atoms with van der Waals surface area (Å²) in [5, 5.41) is 2.77. The van der Waals surface area contributed by atoms with Crippen LogP contribution in [0.5, 0.6) is 0 Å². The lowest BCUT2D eigenvalue weighted by Crippen LogP contribution is -2.45. The van der Waals surface area contributed by atoms with Crippen LogP contribution in [0.3, 0.4) is 0 Å². The number of halogens is 3. The Kier molecular flexibility index (Phi) is 6.16. The lowest BCUT2D eigenvalue weighted by Gasteiger charge is -2.22. The number of amides is 3. The molecular weight excluding hydrogens is 357 g/mol. The molecule has 0 aliphatic carbocycles. The molecule has 5 nitrogen and oxygen atoms in total. The molecular formula is C16H15F3N2O3S. The van der Waals surface area contributed by atoms with E-state index in [2.05, 4.69) is 0 Å². The molecule has 1 heterocycles. The van der Waals surface area contributed by atoms with Crippen LogP contribution in [0.4, 0.5) is 23.7 Å². The number of anilines is 1. The molecule has 2 rings (SSSR count). The Morgan fingerprint density at radius 3 is 2.44 bits per heavy atom. The van der Waals surface area contributed by atoms with Crippen LogP contribution in [0.1, 0.15) is 22.8 Å². The average molecular weight is 372 g/mol. The molecule has 9 heteroatoms. The zero-order valence-electron chi connectivity index (χ0n) is 13.4. The number of methoxy groups -OCH3 is 1. The number of nitrogens with one attached hydrogen (secondary N) is 1. The van der Waals surface area contributed by atoms with E-state index in [0.29, 0.717) is 12.0 Å². The Morgan fingerprint density at radius 1 is 1.24 bits per heavy atom. The molecule has 0 saturated heterocycles.